The Hall–Kier alpha value is -1.33. The van der Waals surface area contributed by atoms with E-state index in [4.69, 9.17) is 9.84 Å². The number of nitrogens with zero attached hydrogens (tertiary/aromatic N) is 1. The molecule has 0 saturated carbocycles. The number of carbonyl (C=O) groups excluding carboxylic acids is 1. The summed E-state index contributed by atoms with van der Waals surface area (Å²) in [5.74, 6) is -1.02. The Morgan fingerprint density at radius 1 is 1.42 bits per heavy atom. The van der Waals surface area contributed by atoms with Crippen molar-refractivity contribution in [3.05, 3.63) is 0 Å². The normalized spacial score (nSPS) is 24.1. The molecule has 6 heteroatoms. The summed E-state index contributed by atoms with van der Waals surface area (Å²) in [6.07, 6.45) is -0.0144. The lowest BCUT2D eigenvalue weighted by Crippen LogP contribution is -2.49. The van der Waals surface area contributed by atoms with Crippen LogP contribution in [0.1, 0.15) is 46.5 Å². The van der Waals surface area contributed by atoms with Crippen molar-refractivity contribution in [2.24, 2.45) is 0 Å². The minimum atomic E-state index is -1.62. The molecule has 1 N–H and O–H groups in total. The quantitative estimate of drug-likeness (QED) is 0.859. The van der Waals surface area contributed by atoms with Gasteiger partial charge in [0.15, 0.2) is 0 Å². The number of ether oxygens (including phenoxy) is 1. The molecule has 0 bridgehead atoms. The van der Waals surface area contributed by atoms with Crippen LogP contribution in [0.2, 0.25) is 0 Å². The van der Waals surface area contributed by atoms with Crippen LogP contribution in [-0.4, -0.2) is 46.4 Å². The van der Waals surface area contributed by atoms with E-state index in [2.05, 4.69) is 0 Å². The van der Waals surface area contributed by atoms with E-state index in [0.29, 0.717) is 19.4 Å². The first-order valence-corrected chi connectivity index (χ1v) is 6.50. The van der Waals surface area contributed by atoms with Crippen LogP contribution in [-0.2, 0) is 9.53 Å². The molecule has 0 aromatic heterocycles. The van der Waals surface area contributed by atoms with E-state index in [9.17, 15) is 14.0 Å². The van der Waals surface area contributed by atoms with Crippen molar-refractivity contribution in [2.75, 3.05) is 13.1 Å². The maximum Gasteiger partial charge on any atom is 0.410 e. The number of carbonyl (C=O) groups is 2. The van der Waals surface area contributed by atoms with Gasteiger partial charge in [-0.15, -0.1) is 0 Å². The zero-order valence-electron chi connectivity index (χ0n) is 11.7. The van der Waals surface area contributed by atoms with E-state index >= 15 is 0 Å². The maximum absolute atomic E-state index is 14.5. The molecule has 1 aliphatic rings. The van der Waals surface area contributed by atoms with Crippen LogP contribution in [0.15, 0.2) is 0 Å². The molecule has 0 aliphatic carbocycles. The molecule has 0 aromatic carbocycles. The molecule has 1 amide bonds. The number of hydrogen-bond acceptors (Lipinski definition) is 3. The molecular formula is C13H22FNO4. The largest absolute Gasteiger partial charge is 0.481 e. The molecule has 1 fully saturated rings. The highest BCUT2D eigenvalue weighted by molar-refractivity contribution is 5.68. The van der Waals surface area contributed by atoms with Gasteiger partial charge in [-0.25, -0.2) is 9.18 Å². The molecule has 0 unspecified atom stereocenters. The van der Waals surface area contributed by atoms with Crippen LogP contribution in [0.3, 0.4) is 0 Å². The van der Waals surface area contributed by atoms with Crippen molar-refractivity contribution < 1.29 is 23.8 Å². The SMILES string of the molecule is CC(C)(C)OC(=O)N1CCC[C@@](F)(CCC(=O)O)C1. The first-order chi connectivity index (χ1) is 8.61. The second kappa shape index (κ2) is 5.75. The number of carboxylic acids is 1. The predicted octanol–water partition coefficient (Wildman–Crippen LogP) is 2.59. The first kappa shape index (κ1) is 15.7. The van der Waals surface area contributed by atoms with Gasteiger partial charge in [0.25, 0.3) is 0 Å². The number of rotatable bonds is 3. The zero-order valence-corrected chi connectivity index (χ0v) is 11.7. The summed E-state index contributed by atoms with van der Waals surface area (Å²) in [4.78, 5) is 23.7. The molecule has 19 heavy (non-hydrogen) atoms. The third-order valence-electron chi connectivity index (χ3n) is 2.97. The summed E-state index contributed by atoms with van der Waals surface area (Å²) in [7, 11) is 0. The van der Waals surface area contributed by atoms with Gasteiger partial charge in [0, 0.05) is 13.0 Å². The number of likely N-dealkylation sites (tertiary alicyclic amines) is 1. The summed E-state index contributed by atoms with van der Waals surface area (Å²) in [5.41, 5.74) is -2.23. The van der Waals surface area contributed by atoms with E-state index in [0.717, 1.165) is 0 Å². The standard InChI is InChI=1S/C13H22FNO4/c1-12(2,3)19-11(18)15-8-4-6-13(14,9-15)7-5-10(16)17/h4-9H2,1-3H3,(H,16,17)/t13-/m1/s1. The highest BCUT2D eigenvalue weighted by Crippen LogP contribution is 2.30. The van der Waals surface area contributed by atoms with E-state index in [-0.39, 0.29) is 19.4 Å². The average Bonchev–Trinajstić information content (AvgIpc) is 2.24. The van der Waals surface area contributed by atoms with Crippen molar-refractivity contribution in [3.63, 3.8) is 0 Å². The molecule has 0 spiro atoms. The Labute approximate surface area is 112 Å². The van der Waals surface area contributed by atoms with Crippen molar-refractivity contribution in [2.45, 2.75) is 57.7 Å². The van der Waals surface area contributed by atoms with Crippen LogP contribution in [0.25, 0.3) is 0 Å². The summed E-state index contributed by atoms with van der Waals surface area (Å²) in [6, 6.07) is 0. The Balaban J connectivity index is 2.58. The number of carboxylic acid groups (broad SMARTS) is 1. The number of aliphatic carboxylic acids is 1. The Morgan fingerprint density at radius 2 is 2.05 bits per heavy atom. The van der Waals surface area contributed by atoms with Gasteiger partial charge < -0.3 is 14.7 Å². The average molecular weight is 275 g/mol. The highest BCUT2D eigenvalue weighted by Gasteiger charge is 2.38. The van der Waals surface area contributed by atoms with Crippen molar-refractivity contribution in [1.82, 2.24) is 4.90 Å². The molecule has 0 aromatic rings. The van der Waals surface area contributed by atoms with Gasteiger partial charge in [0.1, 0.15) is 11.3 Å². The summed E-state index contributed by atoms with van der Waals surface area (Å²) < 4.78 is 19.7. The third kappa shape index (κ3) is 5.44. The zero-order chi connectivity index (χ0) is 14.7. The topological polar surface area (TPSA) is 66.8 Å². The molecule has 1 rings (SSSR count). The Kier molecular flexibility index (Phi) is 4.76. The number of hydrogen-bond donors (Lipinski definition) is 1. The Morgan fingerprint density at radius 3 is 2.58 bits per heavy atom. The maximum atomic E-state index is 14.5. The van der Waals surface area contributed by atoms with E-state index in [1.807, 2.05) is 0 Å². The molecular weight excluding hydrogens is 253 g/mol. The molecule has 1 aliphatic heterocycles. The second-order valence-electron chi connectivity index (χ2n) is 6.05. The van der Waals surface area contributed by atoms with Crippen molar-refractivity contribution in [1.29, 1.82) is 0 Å². The van der Waals surface area contributed by atoms with Crippen LogP contribution < -0.4 is 0 Å². The second-order valence-corrected chi connectivity index (χ2v) is 6.05. The van der Waals surface area contributed by atoms with Crippen molar-refractivity contribution >= 4 is 12.1 Å². The minimum absolute atomic E-state index is 0.0678. The highest BCUT2D eigenvalue weighted by atomic mass is 19.1. The number of amides is 1. The number of halogens is 1. The smallest absolute Gasteiger partial charge is 0.410 e. The molecule has 0 radical (unpaired) electrons. The lowest BCUT2D eigenvalue weighted by atomic mass is 9.90. The minimum Gasteiger partial charge on any atom is -0.481 e. The fourth-order valence-electron chi connectivity index (χ4n) is 2.10. The molecule has 1 heterocycles. The van der Waals surface area contributed by atoms with Crippen LogP contribution >= 0.6 is 0 Å². The molecule has 1 atom stereocenters. The first-order valence-electron chi connectivity index (χ1n) is 6.50. The van der Waals surface area contributed by atoms with Crippen LogP contribution in [0, 0.1) is 0 Å². The van der Waals surface area contributed by atoms with Crippen molar-refractivity contribution in [3.8, 4) is 0 Å². The van der Waals surface area contributed by atoms with E-state index < -0.39 is 23.3 Å². The van der Waals surface area contributed by atoms with Crippen LogP contribution in [0.5, 0.6) is 0 Å². The number of alkyl halides is 1. The monoisotopic (exact) mass is 275 g/mol. The van der Waals surface area contributed by atoms with Gasteiger partial charge >= 0.3 is 12.1 Å². The van der Waals surface area contributed by atoms with E-state index in [1.165, 1.54) is 4.90 Å². The van der Waals surface area contributed by atoms with Gasteiger partial charge in [0.2, 0.25) is 0 Å². The summed E-state index contributed by atoms with van der Waals surface area (Å²) in [5, 5.41) is 8.61. The lowest BCUT2D eigenvalue weighted by molar-refractivity contribution is -0.138. The van der Waals surface area contributed by atoms with Crippen LogP contribution in [0.4, 0.5) is 9.18 Å². The molecule has 5 nitrogen and oxygen atoms in total. The molecule has 1 saturated heterocycles. The lowest BCUT2D eigenvalue weighted by Gasteiger charge is -2.37. The molecule has 110 valence electrons. The summed E-state index contributed by atoms with van der Waals surface area (Å²) in [6.45, 7) is 5.62. The van der Waals surface area contributed by atoms with Gasteiger partial charge in [-0.1, -0.05) is 0 Å². The fourth-order valence-corrected chi connectivity index (χ4v) is 2.10. The Bertz CT molecular complexity index is 353. The van der Waals surface area contributed by atoms with Gasteiger partial charge in [-0.3, -0.25) is 4.79 Å². The number of piperidine rings is 1. The van der Waals surface area contributed by atoms with Gasteiger partial charge in [-0.05, 0) is 40.0 Å². The fraction of sp³-hybridized carbons (Fsp3) is 0.846. The van der Waals surface area contributed by atoms with Gasteiger partial charge in [-0.2, -0.15) is 0 Å². The van der Waals surface area contributed by atoms with Gasteiger partial charge in [0.05, 0.1) is 6.54 Å². The summed E-state index contributed by atoms with van der Waals surface area (Å²) >= 11 is 0. The third-order valence-corrected chi connectivity index (χ3v) is 2.97. The predicted molar refractivity (Wildman–Crippen MR) is 67.7 cm³/mol. The van der Waals surface area contributed by atoms with E-state index in [1.54, 1.807) is 20.8 Å².